The molecule has 0 aromatic heterocycles. The first-order valence-corrected chi connectivity index (χ1v) is 6.62. The summed E-state index contributed by atoms with van der Waals surface area (Å²) in [6.07, 6.45) is 0. The second kappa shape index (κ2) is 3.99. The highest BCUT2D eigenvalue weighted by Crippen LogP contribution is 2.36. The Morgan fingerprint density at radius 2 is 1.47 bits per heavy atom. The minimum absolute atomic E-state index is 0.0896. The Morgan fingerprint density at radius 1 is 0.789 bits per heavy atom. The molecule has 0 saturated heterocycles. The Labute approximate surface area is 113 Å². The van der Waals surface area contributed by atoms with Gasteiger partial charge in [0.05, 0.1) is 0 Å². The summed E-state index contributed by atoms with van der Waals surface area (Å²) in [7, 11) is 0. The average Bonchev–Trinajstić information content (AvgIpc) is 2.37. The van der Waals surface area contributed by atoms with Crippen LogP contribution in [0.15, 0.2) is 48.5 Å². The van der Waals surface area contributed by atoms with E-state index in [2.05, 4.69) is 45.0 Å². The zero-order valence-electron chi connectivity index (χ0n) is 11.6. The molecule has 0 saturated carbocycles. The van der Waals surface area contributed by atoms with E-state index in [0.29, 0.717) is 5.75 Å². The lowest BCUT2D eigenvalue weighted by Gasteiger charge is -2.20. The first-order valence-electron chi connectivity index (χ1n) is 6.62. The number of hydrogen-bond acceptors (Lipinski definition) is 1. The van der Waals surface area contributed by atoms with Gasteiger partial charge in [0, 0.05) is 10.8 Å². The molecule has 0 unspecified atom stereocenters. The Balaban J connectivity index is 2.40. The number of aromatic hydroxyl groups is 1. The summed E-state index contributed by atoms with van der Waals surface area (Å²) in [5.74, 6) is 0.388. The van der Waals surface area contributed by atoms with Crippen LogP contribution in [0.4, 0.5) is 0 Å². The van der Waals surface area contributed by atoms with E-state index in [1.165, 1.54) is 5.56 Å². The largest absolute Gasteiger partial charge is 0.507 e. The van der Waals surface area contributed by atoms with Crippen molar-refractivity contribution in [2.45, 2.75) is 26.2 Å². The van der Waals surface area contributed by atoms with Crippen LogP contribution in [0, 0.1) is 0 Å². The maximum absolute atomic E-state index is 10.5. The number of rotatable bonds is 0. The van der Waals surface area contributed by atoms with Crippen molar-refractivity contribution in [3.05, 3.63) is 54.1 Å². The summed E-state index contributed by atoms with van der Waals surface area (Å²) in [4.78, 5) is 0. The van der Waals surface area contributed by atoms with E-state index in [1.54, 1.807) is 0 Å². The van der Waals surface area contributed by atoms with Gasteiger partial charge >= 0.3 is 0 Å². The highest BCUT2D eigenvalue weighted by Gasteiger charge is 2.15. The molecule has 0 aliphatic carbocycles. The van der Waals surface area contributed by atoms with Crippen molar-refractivity contribution in [3.8, 4) is 5.75 Å². The molecular weight excluding hydrogens is 232 g/mol. The Morgan fingerprint density at radius 3 is 2.21 bits per heavy atom. The molecule has 96 valence electrons. The molecule has 0 aliphatic rings. The molecule has 0 bridgehead atoms. The molecule has 0 amide bonds. The molecule has 1 heteroatoms. The van der Waals surface area contributed by atoms with Crippen LogP contribution in [-0.2, 0) is 5.41 Å². The molecule has 0 spiro atoms. The first-order chi connectivity index (χ1) is 8.97. The van der Waals surface area contributed by atoms with Gasteiger partial charge in [-0.1, -0.05) is 57.2 Å². The quantitative estimate of drug-likeness (QED) is 0.557. The van der Waals surface area contributed by atoms with Crippen LogP contribution in [0.1, 0.15) is 26.3 Å². The lowest BCUT2D eigenvalue weighted by Crippen LogP contribution is -2.10. The Bertz CT molecular complexity index is 764. The smallest absolute Gasteiger partial charge is 0.131 e. The highest BCUT2D eigenvalue weighted by atomic mass is 16.3. The SMILES string of the molecule is CC(C)(C)c1ccc2cc3ccccc3c(O)c2c1. The Kier molecular flexibility index (Phi) is 2.53. The van der Waals surface area contributed by atoms with Gasteiger partial charge in [-0.3, -0.25) is 0 Å². The monoisotopic (exact) mass is 250 g/mol. The van der Waals surface area contributed by atoms with Crippen LogP contribution >= 0.6 is 0 Å². The van der Waals surface area contributed by atoms with Crippen molar-refractivity contribution >= 4 is 21.5 Å². The summed E-state index contributed by atoms with van der Waals surface area (Å²) >= 11 is 0. The standard InChI is InChI=1S/C18H18O/c1-18(2,3)14-9-8-13-10-12-6-4-5-7-15(12)17(19)16(13)11-14/h4-11,19H,1-3H3. The van der Waals surface area contributed by atoms with Crippen molar-refractivity contribution in [2.24, 2.45) is 0 Å². The van der Waals surface area contributed by atoms with Crippen molar-refractivity contribution in [1.29, 1.82) is 0 Å². The lowest BCUT2D eigenvalue weighted by molar-refractivity contribution is 0.487. The number of phenolic OH excluding ortho intramolecular Hbond substituents is 1. The summed E-state index contributed by atoms with van der Waals surface area (Å²) in [6.45, 7) is 6.56. The van der Waals surface area contributed by atoms with E-state index in [-0.39, 0.29) is 5.41 Å². The molecule has 0 radical (unpaired) electrons. The highest BCUT2D eigenvalue weighted by molar-refractivity contribution is 6.05. The van der Waals surface area contributed by atoms with Crippen molar-refractivity contribution < 1.29 is 5.11 Å². The van der Waals surface area contributed by atoms with Gasteiger partial charge in [-0.2, -0.15) is 0 Å². The van der Waals surface area contributed by atoms with Crippen LogP contribution in [0.25, 0.3) is 21.5 Å². The first kappa shape index (κ1) is 12.0. The third kappa shape index (κ3) is 1.95. The predicted molar refractivity (Wildman–Crippen MR) is 81.8 cm³/mol. The summed E-state index contributed by atoms with van der Waals surface area (Å²) in [5.41, 5.74) is 1.33. The predicted octanol–water partition coefficient (Wildman–Crippen LogP) is 5.00. The molecule has 0 aliphatic heterocycles. The van der Waals surface area contributed by atoms with E-state index >= 15 is 0 Å². The summed E-state index contributed by atoms with van der Waals surface area (Å²) in [6, 6.07) is 16.4. The van der Waals surface area contributed by atoms with Gasteiger partial charge in [0.25, 0.3) is 0 Å². The zero-order chi connectivity index (χ0) is 13.6. The van der Waals surface area contributed by atoms with Gasteiger partial charge in [-0.25, -0.2) is 0 Å². The van der Waals surface area contributed by atoms with Crippen LogP contribution < -0.4 is 0 Å². The number of fused-ring (bicyclic) bond motifs is 2. The van der Waals surface area contributed by atoms with Gasteiger partial charge in [0.15, 0.2) is 0 Å². The molecule has 0 fully saturated rings. The van der Waals surface area contributed by atoms with Gasteiger partial charge in [-0.05, 0) is 33.9 Å². The normalized spacial score (nSPS) is 12.2. The van der Waals surface area contributed by atoms with E-state index in [1.807, 2.05) is 24.3 Å². The van der Waals surface area contributed by atoms with Crippen molar-refractivity contribution in [1.82, 2.24) is 0 Å². The van der Waals surface area contributed by atoms with Gasteiger partial charge in [-0.15, -0.1) is 0 Å². The lowest BCUT2D eigenvalue weighted by atomic mass is 9.85. The topological polar surface area (TPSA) is 20.2 Å². The van der Waals surface area contributed by atoms with Crippen molar-refractivity contribution in [3.63, 3.8) is 0 Å². The molecule has 3 rings (SSSR count). The van der Waals surface area contributed by atoms with Crippen LogP contribution in [-0.4, -0.2) is 5.11 Å². The number of phenols is 1. The minimum Gasteiger partial charge on any atom is -0.507 e. The second-order valence-corrected chi connectivity index (χ2v) is 6.13. The molecule has 0 atom stereocenters. The van der Waals surface area contributed by atoms with E-state index in [9.17, 15) is 5.11 Å². The van der Waals surface area contributed by atoms with Crippen LogP contribution in [0.3, 0.4) is 0 Å². The van der Waals surface area contributed by atoms with E-state index in [0.717, 1.165) is 21.5 Å². The van der Waals surface area contributed by atoms with Crippen molar-refractivity contribution in [2.75, 3.05) is 0 Å². The maximum atomic E-state index is 10.5. The Hall–Kier alpha value is -2.02. The second-order valence-electron chi connectivity index (χ2n) is 6.13. The molecule has 3 aromatic carbocycles. The van der Waals surface area contributed by atoms with Gasteiger partial charge in [0.1, 0.15) is 5.75 Å². The summed E-state index contributed by atoms with van der Waals surface area (Å²) in [5, 5.41) is 14.5. The number of benzene rings is 3. The molecule has 3 aromatic rings. The maximum Gasteiger partial charge on any atom is 0.131 e. The molecule has 19 heavy (non-hydrogen) atoms. The van der Waals surface area contributed by atoms with Gasteiger partial charge in [0.2, 0.25) is 0 Å². The fourth-order valence-corrected chi connectivity index (χ4v) is 2.50. The van der Waals surface area contributed by atoms with E-state index in [4.69, 9.17) is 0 Å². The third-order valence-electron chi connectivity index (χ3n) is 3.70. The van der Waals surface area contributed by atoms with Gasteiger partial charge < -0.3 is 5.11 Å². The third-order valence-corrected chi connectivity index (χ3v) is 3.70. The average molecular weight is 250 g/mol. The zero-order valence-corrected chi connectivity index (χ0v) is 11.6. The molecule has 0 heterocycles. The fourth-order valence-electron chi connectivity index (χ4n) is 2.50. The van der Waals surface area contributed by atoms with Crippen LogP contribution in [0.5, 0.6) is 5.75 Å². The minimum atomic E-state index is 0.0896. The molecule has 1 nitrogen and oxygen atoms in total. The molecular formula is C18H18O. The summed E-state index contributed by atoms with van der Waals surface area (Å²) < 4.78 is 0. The molecule has 1 N–H and O–H groups in total. The van der Waals surface area contributed by atoms with Crippen LogP contribution in [0.2, 0.25) is 0 Å². The number of hydrogen-bond donors (Lipinski definition) is 1. The fraction of sp³-hybridized carbons (Fsp3) is 0.222. The van der Waals surface area contributed by atoms with E-state index < -0.39 is 0 Å².